The number of nitrogens with two attached hydrogens (primary N) is 1. The van der Waals surface area contributed by atoms with Crippen molar-refractivity contribution in [1.29, 1.82) is 0 Å². The summed E-state index contributed by atoms with van der Waals surface area (Å²) in [4.78, 5) is 2.09. The lowest BCUT2D eigenvalue weighted by Crippen LogP contribution is -2.39. The number of nitrogen functional groups attached to an aromatic ring is 1. The summed E-state index contributed by atoms with van der Waals surface area (Å²) >= 11 is 0. The van der Waals surface area contributed by atoms with Crippen LogP contribution < -0.4 is 10.6 Å². The van der Waals surface area contributed by atoms with Crippen LogP contribution in [0.15, 0.2) is 18.2 Å². The molecule has 1 aliphatic heterocycles. The summed E-state index contributed by atoms with van der Waals surface area (Å²) in [6.07, 6.45) is -3.19. The topological polar surface area (TPSA) is 29.3 Å². The molecule has 0 bridgehead atoms. The summed E-state index contributed by atoms with van der Waals surface area (Å²) in [5, 5.41) is 0. The molecule has 19 heavy (non-hydrogen) atoms. The van der Waals surface area contributed by atoms with Crippen molar-refractivity contribution < 1.29 is 13.2 Å². The van der Waals surface area contributed by atoms with E-state index in [2.05, 4.69) is 18.7 Å². The van der Waals surface area contributed by atoms with E-state index in [0.717, 1.165) is 31.6 Å². The smallest absolute Gasteiger partial charge is 0.397 e. The first-order valence-corrected chi connectivity index (χ1v) is 6.49. The Bertz CT molecular complexity index is 446. The number of alkyl halides is 3. The van der Waals surface area contributed by atoms with Gasteiger partial charge >= 0.3 is 6.18 Å². The Hall–Kier alpha value is -1.39. The third kappa shape index (κ3) is 3.14. The van der Waals surface area contributed by atoms with Gasteiger partial charge < -0.3 is 10.6 Å². The summed E-state index contributed by atoms with van der Waals surface area (Å²) in [5.74, 6) is 1.07. The maximum absolute atomic E-state index is 12.6. The van der Waals surface area contributed by atoms with Crippen LogP contribution in [-0.2, 0) is 6.18 Å². The molecule has 1 fully saturated rings. The van der Waals surface area contributed by atoms with Crippen LogP contribution in [0.1, 0.15) is 25.8 Å². The fourth-order valence-corrected chi connectivity index (χ4v) is 2.88. The number of halogens is 3. The van der Waals surface area contributed by atoms with Gasteiger partial charge in [0.15, 0.2) is 0 Å². The number of hydrogen-bond acceptors (Lipinski definition) is 2. The molecule has 1 aliphatic rings. The molecule has 0 radical (unpaired) electrons. The number of benzene rings is 1. The molecule has 2 nitrogen and oxygen atoms in total. The second-order valence-electron chi connectivity index (χ2n) is 5.62. The summed E-state index contributed by atoms with van der Waals surface area (Å²) in [6, 6.07) is 3.62. The first-order valence-electron chi connectivity index (χ1n) is 6.49. The standard InChI is InChI=1S/C14H19F3N2/c1-9-5-10(2)8-19(7-9)13-4-3-11(6-12(13)18)14(15,16)17/h3-4,6,9-10H,5,7-8,18H2,1-2H3/t9-,10-/m1/s1. The van der Waals surface area contributed by atoms with Gasteiger partial charge in [0.1, 0.15) is 0 Å². The Balaban J connectivity index is 2.26. The molecule has 0 aromatic heterocycles. The van der Waals surface area contributed by atoms with Crippen molar-refractivity contribution in [2.24, 2.45) is 11.8 Å². The molecule has 1 saturated heterocycles. The number of piperidine rings is 1. The number of hydrogen-bond donors (Lipinski definition) is 1. The van der Waals surface area contributed by atoms with Gasteiger partial charge in [0.2, 0.25) is 0 Å². The Morgan fingerprint density at radius 2 is 1.74 bits per heavy atom. The minimum Gasteiger partial charge on any atom is -0.397 e. The highest BCUT2D eigenvalue weighted by molar-refractivity contribution is 5.69. The Morgan fingerprint density at radius 3 is 2.21 bits per heavy atom. The van der Waals surface area contributed by atoms with Crippen LogP contribution in [-0.4, -0.2) is 13.1 Å². The highest BCUT2D eigenvalue weighted by Gasteiger charge is 2.31. The van der Waals surface area contributed by atoms with Gasteiger partial charge in [-0.05, 0) is 36.5 Å². The monoisotopic (exact) mass is 272 g/mol. The predicted octanol–water partition coefficient (Wildman–Crippen LogP) is 3.77. The Labute approximate surface area is 111 Å². The molecule has 106 valence electrons. The fourth-order valence-electron chi connectivity index (χ4n) is 2.88. The van der Waals surface area contributed by atoms with Gasteiger partial charge in [0.25, 0.3) is 0 Å². The first kappa shape index (κ1) is 14.0. The quantitative estimate of drug-likeness (QED) is 0.788. The van der Waals surface area contributed by atoms with E-state index in [1.54, 1.807) is 0 Å². The average Bonchev–Trinajstić information content (AvgIpc) is 2.26. The Morgan fingerprint density at radius 1 is 1.16 bits per heavy atom. The lowest BCUT2D eigenvalue weighted by molar-refractivity contribution is -0.137. The van der Waals surface area contributed by atoms with E-state index in [9.17, 15) is 13.2 Å². The second kappa shape index (κ2) is 4.94. The second-order valence-corrected chi connectivity index (χ2v) is 5.62. The van der Waals surface area contributed by atoms with Gasteiger partial charge in [-0.3, -0.25) is 0 Å². The van der Waals surface area contributed by atoms with Gasteiger partial charge in [0.05, 0.1) is 16.9 Å². The molecule has 2 atom stereocenters. The van der Waals surface area contributed by atoms with Crippen molar-refractivity contribution in [2.45, 2.75) is 26.4 Å². The highest BCUT2D eigenvalue weighted by atomic mass is 19.4. The zero-order valence-electron chi connectivity index (χ0n) is 11.2. The maximum Gasteiger partial charge on any atom is 0.416 e. The van der Waals surface area contributed by atoms with Crippen molar-refractivity contribution in [3.05, 3.63) is 23.8 Å². The van der Waals surface area contributed by atoms with E-state index < -0.39 is 11.7 Å². The van der Waals surface area contributed by atoms with Crippen LogP contribution in [0.5, 0.6) is 0 Å². The maximum atomic E-state index is 12.6. The van der Waals surface area contributed by atoms with Crippen LogP contribution >= 0.6 is 0 Å². The molecular weight excluding hydrogens is 253 g/mol. The molecule has 0 saturated carbocycles. The van der Waals surface area contributed by atoms with Crippen LogP contribution in [0.2, 0.25) is 0 Å². The van der Waals surface area contributed by atoms with E-state index in [4.69, 9.17) is 5.73 Å². The summed E-state index contributed by atoms with van der Waals surface area (Å²) in [7, 11) is 0. The molecule has 1 aromatic carbocycles. The first-order chi connectivity index (χ1) is 8.77. The molecule has 0 amide bonds. The number of anilines is 2. The molecule has 5 heteroatoms. The molecule has 2 N–H and O–H groups in total. The summed E-state index contributed by atoms with van der Waals surface area (Å²) in [6.45, 7) is 6.01. The molecule has 0 unspecified atom stereocenters. The van der Waals surface area contributed by atoms with Crippen LogP contribution in [0.25, 0.3) is 0 Å². The third-order valence-corrected chi connectivity index (χ3v) is 3.56. The fraction of sp³-hybridized carbons (Fsp3) is 0.571. The number of nitrogens with zero attached hydrogens (tertiary/aromatic N) is 1. The van der Waals surface area contributed by atoms with Crippen molar-refractivity contribution in [1.82, 2.24) is 0 Å². The van der Waals surface area contributed by atoms with E-state index in [0.29, 0.717) is 17.5 Å². The SMILES string of the molecule is C[C@@H]1C[C@@H](C)CN(c2ccc(C(F)(F)F)cc2N)C1. The van der Waals surface area contributed by atoms with E-state index >= 15 is 0 Å². The minimum atomic E-state index is -4.34. The van der Waals surface area contributed by atoms with Crippen molar-refractivity contribution >= 4 is 11.4 Å². The third-order valence-electron chi connectivity index (χ3n) is 3.56. The minimum absolute atomic E-state index is 0.205. The van der Waals surface area contributed by atoms with Crippen molar-refractivity contribution in [3.63, 3.8) is 0 Å². The largest absolute Gasteiger partial charge is 0.416 e. The van der Waals surface area contributed by atoms with E-state index in [1.165, 1.54) is 6.07 Å². The van der Waals surface area contributed by atoms with Gasteiger partial charge in [-0.25, -0.2) is 0 Å². The van der Waals surface area contributed by atoms with Crippen molar-refractivity contribution in [2.75, 3.05) is 23.7 Å². The summed E-state index contributed by atoms with van der Waals surface area (Å²) in [5.41, 5.74) is 6.03. The molecule has 0 aliphatic carbocycles. The molecule has 1 aromatic rings. The van der Waals surface area contributed by atoms with Gasteiger partial charge in [-0.1, -0.05) is 13.8 Å². The zero-order chi connectivity index (χ0) is 14.2. The molecule has 1 heterocycles. The summed E-state index contributed by atoms with van der Waals surface area (Å²) < 4.78 is 37.8. The van der Waals surface area contributed by atoms with Gasteiger partial charge in [-0.2, -0.15) is 13.2 Å². The average molecular weight is 272 g/mol. The predicted molar refractivity (Wildman–Crippen MR) is 71.0 cm³/mol. The van der Waals surface area contributed by atoms with Gasteiger partial charge in [-0.15, -0.1) is 0 Å². The lowest BCUT2D eigenvalue weighted by Gasteiger charge is -2.37. The van der Waals surface area contributed by atoms with E-state index in [-0.39, 0.29) is 5.69 Å². The molecular formula is C14H19F3N2. The molecule has 0 spiro atoms. The van der Waals surface area contributed by atoms with E-state index in [1.807, 2.05) is 0 Å². The number of rotatable bonds is 1. The van der Waals surface area contributed by atoms with Crippen LogP contribution in [0.4, 0.5) is 24.5 Å². The zero-order valence-corrected chi connectivity index (χ0v) is 11.2. The highest BCUT2D eigenvalue weighted by Crippen LogP contribution is 2.35. The Kier molecular flexibility index (Phi) is 3.65. The lowest BCUT2D eigenvalue weighted by atomic mass is 9.91. The van der Waals surface area contributed by atoms with Crippen LogP contribution in [0.3, 0.4) is 0 Å². The normalized spacial score (nSPS) is 24.6. The van der Waals surface area contributed by atoms with Crippen molar-refractivity contribution in [3.8, 4) is 0 Å². The van der Waals surface area contributed by atoms with Crippen LogP contribution in [0, 0.1) is 11.8 Å². The molecule has 2 rings (SSSR count). The van der Waals surface area contributed by atoms with Gasteiger partial charge in [0, 0.05) is 13.1 Å².